The number of aromatic nitrogens is 2. The lowest BCUT2D eigenvalue weighted by Gasteiger charge is -2.21. The highest BCUT2D eigenvalue weighted by Crippen LogP contribution is 2.17. The Labute approximate surface area is 156 Å². The van der Waals surface area contributed by atoms with Gasteiger partial charge in [-0.1, -0.05) is 36.4 Å². The van der Waals surface area contributed by atoms with Crippen molar-refractivity contribution in [3.8, 4) is 5.69 Å². The minimum absolute atomic E-state index is 0.166. The van der Waals surface area contributed by atoms with Crippen molar-refractivity contribution in [2.45, 2.75) is 6.92 Å². The van der Waals surface area contributed by atoms with Crippen LogP contribution in [0.4, 0.5) is 10.1 Å². The summed E-state index contributed by atoms with van der Waals surface area (Å²) in [5.74, 6) is -1.07. The second-order valence-electron chi connectivity index (χ2n) is 5.90. The molecule has 1 heterocycles. The van der Waals surface area contributed by atoms with Gasteiger partial charge in [0.1, 0.15) is 11.5 Å². The molecule has 0 bridgehead atoms. The molecule has 5 nitrogen and oxygen atoms in total. The van der Waals surface area contributed by atoms with Crippen molar-refractivity contribution in [3.63, 3.8) is 0 Å². The maximum atomic E-state index is 14.2. The molecule has 0 aliphatic rings. The molecule has 0 unspecified atom stereocenters. The summed E-state index contributed by atoms with van der Waals surface area (Å²) in [5.41, 5.74) is 0.405. The molecule has 136 valence electrons. The van der Waals surface area contributed by atoms with Gasteiger partial charge >= 0.3 is 0 Å². The Kier molecular flexibility index (Phi) is 5.26. The average Bonchev–Trinajstić information content (AvgIpc) is 2.67. The summed E-state index contributed by atoms with van der Waals surface area (Å²) in [6.45, 7) is 5.51. The standard InChI is InChI=1S/C21H18FN3O2/c1-3-13-24(16-9-5-4-6-10-16)21(27)20-19(26)14-15(2)25(23-20)18-12-8-7-11-17(18)22/h3-12,14H,1,13H2,2H3. The first-order chi connectivity index (χ1) is 13.0. The Morgan fingerprint density at radius 1 is 1.19 bits per heavy atom. The van der Waals surface area contributed by atoms with Crippen molar-refractivity contribution in [1.82, 2.24) is 9.78 Å². The molecule has 6 heteroatoms. The number of aryl methyl sites for hydroxylation is 1. The zero-order chi connectivity index (χ0) is 19.4. The fraction of sp³-hybridized carbons (Fsp3) is 0.0952. The van der Waals surface area contributed by atoms with E-state index in [0.29, 0.717) is 11.4 Å². The lowest BCUT2D eigenvalue weighted by atomic mass is 10.2. The number of hydrogen-bond acceptors (Lipinski definition) is 3. The van der Waals surface area contributed by atoms with E-state index in [9.17, 15) is 14.0 Å². The Morgan fingerprint density at radius 2 is 1.85 bits per heavy atom. The highest BCUT2D eigenvalue weighted by atomic mass is 19.1. The summed E-state index contributed by atoms with van der Waals surface area (Å²) in [6.07, 6.45) is 1.56. The number of amides is 1. The smallest absolute Gasteiger partial charge is 0.283 e. The highest BCUT2D eigenvalue weighted by Gasteiger charge is 2.22. The first-order valence-electron chi connectivity index (χ1n) is 8.36. The largest absolute Gasteiger partial charge is 0.303 e. The molecule has 2 aromatic carbocycles. The molecular formula is C21H18FN3O2. The van der Waals surface area contributed by atoms with Crippen molar-refractivity contribution in [2.75, 3.05) is 11.4 Å². The van der Waals surface area contributed by atoms with Gasteiger partial charge in [0.25, 0.3) is 5.91 Å². The van der Waals surface area contributed by atoms with Crippen molar-refractivity contribution in [1.29, 1.82) is 0 Å². The van der Waals surface area contributed by atoms with Crippen LogP contribution in [0.1, 0.15) is 16.2 Å². The minimum atomic E-state index is -0.573. The van der Waals surface area contributed by atoms with E-state index in [1.165, 1.54) is 27.8 Å². The normalized spacial score (nSPS) is 10.4. The van der Waals surface area contributed by atoms with Crippen LogP contribution in [-0.4, -0.2) is 22.2 Å². The lowest BCUT2D eigenvalue weighted by Crippen LogP contribution is -2.36. The molecule has 3 rings (SSSR count). The molecule has 0 fully saturated rings. The molecular weight excluding hydrogens is 345 g/mol. The molecule has 0 spiro atoms. The predicted octanol–water partition coefficient (Wildman–Crippen LogP) is 3.51. The van der Waals surface area contributed by atoms with Gasteiger partial charge in [-0.3, -0.25) is 9.59 Å². The van der Waals surface area contributed by atoms with E-state index in [1.807, 2.05) is 6.07 Å². The van der Waals surface area contributed by atoms with Crippen molar-refractivity contribution < 1.29 is 9.18 Å². The molecule has 0 N–H and O–H groups in total. The van der Waals surface area contributed by atoms with Gasteiger partial charge < -0.3 is 4.90 Å². The highest BCUT2D eigenvalue weighted by molar-refractivity contribution is 6.04. The van der Waals surface area contributed by atoms with Gasteiger partial charge in [-0.2, -0.15) is 5.10 Å². The maximum absolute atomic E-state index is 14.2. The topological polar surface area (TPSA) is 55.2 Å². The SMILES string of the molecule is C=CCN(C(=O)c1nn(-c2ccccc2F)c(C)cc1=O)c1ccccc1. The van der Waals surface area contributed by atoms with E-state index in [0.717, 1.165) is 0 Å². The van der Waals surface area contributed by atoms with Gasteiger partial charge in [0.05, 0.1) is 0 Å². The van der Waals surface area contributed by atoms with E-state index in [4.69, 9.17) is 0 Å². The van der Waals surface area contributed by atoms with Crippen LogP contribution in [0.2, 0.25) is 0 Å². The van der Waals surface area contributed by atoms with Crippen LogP contribution in [0.3, 0.4) is 0 Å². The summed E-state index contributed by atoms with van der Waals surface area (Å²) < 4.78 is 15.5. The third-order valence-corrected chi connectivity index (χ3v) is 4.02. The summed E-state index contributed by atoms with van der Waals surface area (Å²) in [4.78, 5) is 26.9. The molecule has 0 saturated heterocycles. The molecule has 0 aliphatic heterocycles. The van der Waals surface area contributed by atoms with Gasteiger partial charge in [-0.25, -0.2) is 9.07 Å². The monoisotopic (exact) mass is 363 g/mol. The zero-order valence-electron chi connectivity index (χ0n) is 14.8. The molecule has 3 aromatic rings. The van der Waals surface area contributed by atoms with E-state index in [-0.39, 0.29) is 17.9 Å². The van der Waals surface area contributed by atoms with Crippen LogP contribution in [0.15, 0.2) is 78.1 Å². The van der Waals surface area contributed by atoms with Crippen LogP contribution in [0.25, 0.3) is 5.69 Å². The van der Waals surface area contributed by atoms with Gasteiger partial charge in [-0.05, 0) is 31.2 Å². The van der Waals surface area contributed by atoms with Gasteiger partial charge in [0, 0.05) is 24.0 Å². The molecule has 0 aliphatic carbocycles. The van der Waals surface area contributed by atoms with E-state index < -0.39 is 17.2 Å². The number of benzene rings is 2. The minimum Gasteiger partial charge on any atom is -0.303 e. The van der Waals surface area contributed by atoms with Gasteiger partial charge in [0.15, 0.2) is 5.69 Å². The van der Waals surface area contributed by atoms with Crippen molar-refractivity contribution in [3.05, 3.63) is 101 Å². The number of rotatable bonds is 5. The molecule has 1 amide bonds. The second kappa shape index (κ2) is 7.78. The number of halogens is 1. The Bertz CT molecular complexity index is 1040. The number of anilines is 1. The van der Waals surface area contributed by atoms with E-state index >= 15 is 0 Å². The quantitative estimate of drug-likeness (QED) is 0.652. The van der Waals surface area contributed by atoms with Gasteiger partial charge in [0.2, 0.25) is 5.43 Å². The number of carbonyl (C=O) groups is 1. The summed E-state index contributed by atoms with van der Waals surface area (Å²) in [5, 5.41) is 4.17. The molecule has 1 aromatic heterocycles. The van der Waals surface area contributed by atoms with Crippen LogP contribution < -0.4 is 10.3 Å². The molecule has 0 saturated carbocycles. The van der Waals surface area contributed by atoms with Crippen molar-refractivity contribution in [2.24, 2.45) is 0 Å². The molecule has 0 radical (unpaired) electrons. The molecule has 0 atom stereocenters. The maximum Gasteiger partial charge on any atom is 0.283 e. The van der Waals surface area contributed by atoms with Crippen LogP contribution in [0.5, 0.6) is 0 Å². The first kappa shape index (κ1) is 18.3. The number of carbonyl (C=O) groups excluding carboxylic acids is 1. The van der Waals surface area contributed by atoms with E-state index in [1.54, 1.807) is 49.4 Å². The van der Waals surface area contributed by atoms with Crippen LogP contribution in [0, 0.1) is 12.7 Å². The average molecular weight is 363 g/mol. The summed E-state index contributed by atoms with van der Waals surface area (Å²) >= 11 is 0. The van der Waals surface area contributed by atoms with Gasteiger partial charge in [-0.15, -0.1) is 6.58 Å². The summed E-state index contributed by atoms with van der Waals surface area (Å²) in [7, 11) is 0. The number of hydrogen-bond donors (Lipinski definition) is 0. The number of nitrogens with zero attached hydrogens (tertiary/aromatic N) is 3. The lowest BCUT2D eigenvalue weighted by molar-refractivity contribution is 0.0982. The van der Waals surface area contributed by atoms with Crippen LogP contribution in [-0.2, 0) is 0 Å². The van der Waals surface area contributed by atoms with E-state index in [2.05, 4.69) is 11.7 Å². The predicted molar refractivity (Wildman–Crippen MR) is 103 cm³/mol. The Balaban J connectivity index is 2.12. The molecule has 27 heavy (non-hydrogen) atoms. The fourth-order valence-corrected chi connectivity index (χ4v) is 2.73. The first-order valence-corrected chi connectivity index (χ1v) is 8.36. The fourth-order valence-electron chi connectivity index (χ4n) is 2.73. The Hall–Kier alpha value is -3.54. The van der Waals surface area contributed by atoms with Crippen LogP contribution >= 0.6 is 0 Å². The third-order valence-electron chi connectivity index (χ3n) is 4.02. The zero-order valence-corrected chi connectivity index (χ0v) is 14.8. The van der Waals surface area contributed by atoms with Crippen molar-refractivity contribution >= 4 is 11.6 Å². The second-order valence-corrected chi connectivity index (χ2v) is 5.90. The number of para-hydroxylation sites is 2. The summed E-state index contributed by atoms with van der Waals surface area (Å²) in [6, 6.07) is 16.3. The Morgan fingerprint density at radius 3 is 2.52 bits per heavy atom. The third kappa shape index (κ3) is 3.69.